The predicted octanol–water partition coefficient (Wildman–Crippen LogP) is 0.875. The quantitative estimate of drug-likeness (QED) is 0.776. The van der Waals surface area contributed by atoms with E-state index in [1.165, 1.54) is 12.8 Å². The van der Waals surface area contributed by atoms with E-state index in [2.05, 4.69) is 10.3 Å². The third-order valence-electron chi connectivity index (χ3n) is 3.30. The van der Waals surface area contributed by atoms with Gasteiger partial charge in [0, 0.05) is 18.4 Å². The Morgan fingerprint density at radius 3 is 2.80 bits per heavy atom. The first kappa shape index (κ1) is 10.5. The molecule has 0 bridgehead atoms. The summed E-state index contributed by atoms with van der Waals surface area (Å²) in [5, 5.41) is 3.36. The van der Waals surface area contributed by atoms with E-state index in [-0.39, 0.29) is 5.69 Å². The number of H-pyrrole nitrogens is 1. The predicted molar refractivity (Wildman–Crippen MR) is 60.0 cm³/mol. The Morgan fingerprint density at radius 2 is 2.20 bits per heavy atom. The summed E-state index contributed by atoms with van der Waals surface area (Å²) >= 11 is 0. The highest BCUT2D eigenvalue weighted by molar-refractivity contribution is 4.94. The Morgan fingerprint density at radius 1 is 1.47 bits per heavy atom. The number of hydrogen-bond donors (Lipinski definition) is 2. The Balaban J connectivity index is 1.89. The van der Waals surface area contributed by atoms with Gasteiger partial charge in [-0.15, -0.1) is 0 Å². The molecular weight excluding hydrogens is 190 g/mol. The maximum Gasteiger partial charge on any atom is 0.325 e. The van der Waals surface area contributed by atoms with Crippen LogP contribution in [-0.2, 0) is 6.54 Å². The van der Waals surface area contributed by atoms with Crippen LogP contribution in [0.4, 0.5) is 0 Å². The van der Waals surface area contributed by atoms with E-state index in [1.807, 2.05) is 11.5 Å². The van der Waals surface area contributed by atoms with E-state index in [9.17, 15) is 4.79 Å². The van der Waals surface area contributed by atoms with Crippen LogP contribution in [-0.4, -0.2) is 22.6 Å². The summed E-state index contributed by atoms with van der Waals surface area (Å²) in [5.74, 6) is 0.785. The van der Waals surface area contributed by atoms with Crippen LogP contribution in [0.15, 0.2) is 11.0 Å². The van der Waals surface area contributed by atoms with Gasteiger partial charge in [-0.25, -0.2) is 4.79 Å². The van der Waals surface area contributed by atoms with Crippen molar-refractivity contribution >= 4 is 0 Å². The van der Waals surface area contributed by atoms with E-state index in [4.69, 9.17) is 0 Å². The van der Waals surface area contributed by atoms with Gasteiger partial charge >= 0.3 is 5.69 Å². The molecule has 1 aliphatic rings. The average molecular weight is 209 g/mol. The summed E-state index contributed by atoms with van der Waals surface area (Å²) in [5.41, 5.74) is 1.07. The van der Waals surface area contributed by atoms with Crippen molar-refractivity contribution in [3.8, 4) is 0 Å². The molecule has 2 rings (SSSR count). The van der Waals surface area contributed by atoms with E-state index in [0.717, 1.165) is 37.7 Å². The molecule has 15 heavy (non-hydrogen) atoms. The molecule has 84 valence electrons. The molecule has 1 aromatic heterocycles. The van der Waals surface area contributed by atoms with Gasteiger partial charge in [-0.3, -0.25) is 4.57 Å². The van der Waals surface area contributed by atoms with Gasteiger partial charge in [0.25, 0.3) is 0 Å². The Bertz CT molecular complexity index is 360. The van der Waals surface area contributed by atoms with Crippen LogP contribution in [0, 0.1) is 12.8 Å². The summed E-state index contributed by atoms with van der Waals surface area (Å²) in [6, 6.07) is 0. The minimum absolute atomic E-state index is 0.0291. The number of aryl methyl sites for hydroxylation is 1. The van der Waals surface area contributed by atoms with Crippen molar-refractivity contribution in [1.29, 1.82) is 0 Å². The Kier molecular flexibility index (Phi) is 3.26. The lowest BCUT2D eigenvalue weighted by atomic mass is 9.95. The highest BCUT2D eigenvalue weighted by Gasteiger charge is 2.13. The first-order valence-corrected chi connectivity index (χ1v) is 5.73. The van der Waals surface area contributed by atoms with Crippen molar-refractivity contribution in [2.75, 3.05) is 13.1 Å². The molecule has 1 aliphatic heterocycles. The van der Waals surface area contributed by atoms with E-state index in [0.29, 0.717) is 0 Å². The van der Waals surface area contributed by atoms with Gasteiger partial charge < -0.3 is 10.3 Å². The molecule has 2 heterocycles. The summed E-state index contributed by atoms with van der Waals surface area (Å²) < 4.78 is 1.84. The molecule has 0 saturated carbocycles. The number of hydrogen-bond acceptors (Lipinski definition) is 2. The summed E-state index contributed by atoms with van der Waals surface area (Å²) in [7, 11) is 0. The fourth-order valence-corrected chi connectivity index (χ4v) is 2.24. The molecule has 0 unspecified atom stereocenters. The molecule has 4 nitrogen and oxygen atoms in total. The van der Waals surface area contributed by atoms with E-state index < -0.39 is 0 Å². The van der Waals surface area contributed by atoms with Gasteiger partial charge in [0.2, 0.25) is 0 Å². The smallest absolute Gasteiger partial charge is 0.317 e. The van der Waals surface area contributed by atoms with Crippen molar-refractivity contribution in [2.24, 2.45) is 5.92 Å². The van der Waals surface area contributed by atoms with Gasteiger partial charge in [-0.05, 0) is 45.2 Å². The Labute approximate surface area is 89.7 Å². The maximum atomic E-state index is 11.4. The van der Waals surface area contributed by atoms with Crippen molar-refractivity contribution in [3.63, 3.8) is 0 Å². The lowest BCUT2D eigenvalue weighted by Gasteiger charge is -2.22. The number of aromatic nitrogens is 2. The number of nitrogens with zero attached hydrogens (tertiary/aromatic N) is 1. The molecule has 1 fully saturated rings. The summed E-state index contributed by atoms with van der Waals surface area (Å²) in [4.78, 5) is 14.1. The minimum atomic E-state index is 0.0291. The number of piperidine rings is 1. The molecular formula is C11H19N3O. The highest BCUT2D eigenvalue weighted by Crippen LogP contribution is 2.16. The number of nitrogens with one attached hydrogen (secondary N) is 2. The van der Waals surface area contributed by atoms with Crippen LogP contribution in [0.25, 0.3) is 0 Å². The molecule has 0 atom stereocenters. The second-order valence-electron chi connectivity index (χ2n) is 4.37. The zero-order chi connectivity index (χ0) is 10.7. The van der Waals surface area contributed by atoms with Gasteiger partial charge in [0.15, 0.2) is 0 Å². The van der Waals surface area contributed by atoms with Crippen molar-refractivity contribution < 1.29 is 0 Å². The van der Waals surface area contributed by atoms with E-state index >= 15 is 0 Å². The average Bonchev–Trinajstić information content (AvgIpc) is 2.58. The highest BCUT2D eigenvalue weighted by atomic mass is 16.1. The largest absolute Gasteiger partial charge is 0.325 e. The third kappa shape index (κ3) is 2.50. The molecule has 0 radical (unpaired) electrons. The molecule has 0 amide bonds. The van der Waals surface area contributed by atoms with Crippen molar-refractivity contribution in [1.82, 2.24) is 14.9 Å². The zero-order valence-corrected chi connectivity index (χ0v) is 9.25. The minimum Gasteiger partial charge on any atom is -0.317 e. The molecule has 1 saturated heterocycles. The van der Waals surface area contributed by atoms with E-state index in [1.54, 1.807) is 6.20 Å². The van der Waals surface area contributed by atoms with Crippen LogP contribution in [0.3, 0.4) is 0 Å². The first-order valence-electron chi connectivity index (χ1n) is 5.73. The summed E-state index contributed by atoms with van der Waals surface area (Å²) in [6.07, 6.45) is 5.40. The number of rotatable bonds is 3. The standard InChI is InChI=1S/C11H19N3O/c1-9-8-13-11(15)14(9)7-4-10-2-5-12-6-3-10/h8,10,12H,2-7H2,1H3,(H,13,15). The molecule has 1 aromatic rings. The number of imidazole rings is 1. The fraction of sp³-hybridized carbons (Fsp3) is 0.727. The van der Waals surface area contributed by atoms with Crippen LogP contribution in [0.2, 0.25) is 0 Å². The second kappa shape index (κ2) is 4.66. The third-order valence-corrected chi connectivity index (χ3v) is 3.30. The van der Waals surface area contributed by atoms with Crippen LogP contribution < -0.4 is 11.0 Å². The lowest BCUT2D eigenvalue weighted by molar-refractivity contribution is 0.335. The fourth-order valence-electron chi connectivity index (χ4n) is 2.24. The SMILES string of the molecule is Cc1c[nH]c(=O)n1CCC1CCNCC1. The molecule has 0 spiro atoms. The zero-order valence-electron chi connectivity index (χ0n) is 9.25. The van der Waals surface area contributed by atoms with Gasteiger partial charge in [-0.1, -0.05) is 0 Å². The Hall–Kier alpha value is -1.03. The molecule has 0 aromatic carbocycles. The lowest BCUT2D eigenvalue weighted by Crippen LogP contribution is -2.29. The molecule has 0 aliphatic carbocycles. The number of aromatic amines is 1. The van der Waals surface area contributed by atoms with Gasteiger partial charge in [-0.2, -0.15) is 0 Å². The van der Waals surface area contributed by atoms with Crippen molar-refractivity contribution in [3.05, 3.63) is 22.4 Å². The van der Waals surface area contributed by atoms with Gasteiger partial charge in [0.05, 0.1) is 0 Å². The first-order chi connectivity index (χ1) is 7.27. The summed E-state index contributed by atoms with van der Waals surface area (Å²) in [6.45, 7) is 5.09. The van der Waals surface area contributed by atoms with Crippen LogP contribution in [0.5, 0.6) is 0 Å². The topological polar surface area (TPSA) is 49.8 Å². The second-order valence-corrected chi connectivity index (χ2v) is 4.37. The monoisotopic (exact) mass is 209 g/mol. The normalized spacial score (nSPS) is 18.2. The maximum absolute atomic E-state index is 11.4. The molecule has 4 heteroatoms. The molecule has 2 N–H and O–H groups in total. The van der Waals surface area contributed by atoms with Crippen LogP contribution in [0.1, 0.15) is 25.0 Å². The van der Waals surface area contributed by atoms with Crippen LogP contribution >= 0.6 is 0 Å². The van der Waals surface area contributed by atoms with Gasteiger partial charge in [0.1, 0.15) is 0 Å². The van der Waals surface area contributed by atoms with Crippen molar-refractivity contribution in [2.45, 2.75) is 32.7 Å².